The van der Waals surface area contributed by atoms with Crippen LogP contribution >= 0.6 is 0 Å². The quantitative estimate of drug-likeness (QED) is 0.240. The van der Waals surface area contributed by atoms with Crippen LogP contribution in [0.5, 0.6) is 0 Å². The van der Waals surface area contributed by atoms with Gasteiger partial charge >= 0.3 is 0 Å². The molecule has 0 atom stereocenters. The minimum atomic E-state index is -0.190. The number of nitrogens with zero attached hydrogens (tertiary/aromatic N) is 2. The first-order chi connectivity index (χ1) is 12.0. The zero-order chi connectivity index (χ0) is 21.2. The Morgan fingerprint density at radius 3 is 1.19 bits per heavy atom. The van der Waals surface area contributed by atoms with E-state index in [1.165, 1.54) is 0 Å². The minimum Gasteiger partial charge on any atom is -0.411 e. The van der Waals surface area contributed by atoms with E-state index < -0.39 is 0 Å². The molecule has 7 nitrogen and oxygen atoms in total. The van der Waals surface area contributed by atoms with Gasteiger partial charge in [0.1, 0.15) is 0 Å². The van der Waals surface area contributed by atoms with Gasteiger partial charge in [0, 0.05) is 0 Å². The molecule has 0 rings (SSSR count). The topological polar surface area (TPSA) is 115 Å². The highest BCUT2D eigenvalue weighted by atomic mass is 16.4. The molecule has 0 spiro atoms. The third-order valence-corrected chi connectivity index (χ3v) is 4.03. The van der Waals surface area contributed by atoms with Gasteiger partial charge < -0.3 is 26.8 Å². The lowest BCUT2D eigenvalue weighted by atomic mass is 10.00. The van der Waals surface area contributed by atoms with Crippen LogP contribution in [0, 0.1) is 0 Å². The molecule has 0 unspecified atom stereocenters. The Balaban J connectivity index is -0.000000338. The number of hydrogen-bond donors (Lipinski definition) is 5. The van der Waals surface area contributed by atoms with Gasteiger partial charge in [0.15, 0.2) is 0 Å². The number of rotatable bonds is 9. The maximum Gasteiger partial charge on any atom is 0.0734 e. The highest BCUT2D eigenvalue weighted by Gasteiger charge is 2.20. The van der Waals surface area contributed by atoms with E-state index in [0.29, 0.717) is 11.4 Å². The van der Waals surface area contributed by atoms with Crippen LogP contribution in [-0.2, 0) is 0 Å². The molecule has 158 valence electrons. The first-order valence-electron chi connectivity index (χ1n) is 9.58. The molecule has 0 saturated heterocycles. The van der Waals surface area contributed by atoms with Gasteiger partial charge in [0.05, 0.1) is 22.5 Å². The fourth-order valence-electron chi connectivity index (χ4n) is 1.38. The smallest absolute Gasteiger partial charge is 0.0734 e. The number of hydrogen-bond acceptors (Lipinski definition) is 7. The zero-order valence-electron chi connectivity index (χ0n) is 18.6. The Morgan fingerprint density at radius 1 is 0.769 bits per heavy atom. The SMILES string of the molecule is CCCN.CCCNC(C)(C)/C(C)=N\O.CCCNC(C)(C)/C(C)=N\O. The average Bonchev–Trinajstić information content (AvgIpc) is 2.63. The van der Waals surface area contributed by atoms with Gasteiger partial charge in [0.2, 0.25) is 0 Å². The van der Waals surface area contributed by atoms with Crippen molar-refractivity contribution in [3.63, 3.8) is 0 Å². The van der Waals surface area contributed by atoms with Crippen LogP contribution in [0.25, 0.3) is 0 Å². The second-order valence-electron chi connectivity index (χ2n) is 7.26. The summed E-state index contributed by atoms with van der Waals surface area (Å²) >= 11 is 0. The molecule has 0 aliphatic rings. The normalized spacial score (nSPS) is 12.7. The Hall–Kier alpha value is -1.18. The number of nitrogens with two attached hydrogens (primary N) is 1. The molecule has 6 N–H and O–H groups in total. The predicted molar refractivity (Wildman–Crippen MR) is 114 cm³/mol. The lowest BCUT2D eigenvalue weighted by molar-refractivity contribution is 0.310. The van der Waals surface area contributed by atoms with E-state index in [9.17, 15) is 0 Å². The molecule has 0 saturated carbocycles. The van der Waals surface area contributed by atoms with Gasteiger partial charge in [-0.25, -0.2) is 0 Å². The largest absolute Gasteiger partial charge is 0.411 e. The lowest BCUT2D eigenvalue weighted by Gasteiger charge is -2.24. The van der Waals surface area contributed by atoms with E-state index in [1.807, 2.05) is 41.5 Å². The summed E-state index contributed by atoms with van der Waals surface area (Å²) in [5.41, 5.74) is 6.08. The van der Waals surface area contributed by atoms with Gasteiger partial charge in [-0.2, -0.15) is 0 Å². The highest BCUT2D eigenvalue weighted by molar-refractivity contribution is 5.90. The fraction of sp³-hybridized carbons (Fsp3) is 0.895. The molecule has 0 aliphatic carbocycles. The molecule has 0 aromatic rings. The van der Waals surface area contributed by atoms with E-state index in [-0.39, 0.29) is 11.1 Å². The van der Waals surface area contributed by atoms with Crippen LogP contribution in [0.1, 0.15) is 81.6 Å². The summed E-state index contributed by atoms with van der Waals surface area (Å²) in [6.45, 7) is 20.6. The molecule has 0 aromatic heterocycles. The Kier molecular flexibility index (Phi) is 19.6. The Bertz CT molecular complexity index is 344. The summed E-state index contributed by atoms with van der Waals surface area (Å²) < 4.78 is 0. The van der Waals surface area contributed by atoms with E-state index in [1.54, 1.807) is 0 Å². The molecule has 0 amide bonds. The van der Waals surface area contributed by atoms with Gasteiger partial charge in [-0.05, 0) is 80.4 Å². The summed E-state index contributed by atoms with van der Waals surface area (Å²) in [5.74, 6) is 0. The Morgan fingerprint density at radius 2 is 1.04 bits per heavy atom. The van der Waals surface area contributed by atoms with Gasteiger partial charge in [0.25, 0.3) is 0 Å². The lowest BCUT2D eigenvalue weighted by Crippen LogP contribution is -2.45. The van der Waals surface area contributed by atoms with Crippen molar-refractivity contribution in [3.8, 4) is 0 Å². The molecular formula is C19H45N5O2. The summed E-state index contributed by atoms with van der Waals surface area (Å²) in [6, 6.07) is 0. The van der Waals surface area contributed by atoms with Crippen molar-refractivity contribution in [1.82, 2.24) is 10.6 Å². The van der Waals surface area contributed by atoms with E-state index >= 15 is 0 Å². The van der Waals surface area contributed by atoms with Crippen molar-refractivity contribution < 1.29 is 10.4 Å². The molecule has 7 heteroatoms. The number of nitrogens with one attached hydrogen (secondary N) is 2. The number of oxime groups is 2. The van der Waals surface area contributed by atoms with Crippen LogP contribution in [0.2, 0.25) is 0 Å². The van der Waals surface area contributed by atoms with Crippen LogP contribution in [0.15, 0.2) is 10.3 Å². The predicted octanol–water partition coefficient (Wildman–Crippen LogP) is 3.58. The fourth-order valence-corrected chi connectivity index (χ4v) is 1.38. The first kappa shape index (κ1) is 29.6. The molecule has 0 heterocycles. The third-order valence-electron chi connectivity index (χ3n) is 4.03. The van der Waals surface area contributed by atoms with Crippen LogP contribution in [0.4, 0.5) is 0 Å². The third kappa shape index (κ3) is 16.3. The van der Waals surface area contributed by atoms with E-state index in [2.05, 4.69) is 41.7 Å². The molecular weight excluding hydrogens is 330 g/mol. The monoisotopic (exact) mass is 375 g/mol. The maximum atomic E-state index is 8.52. The van der Waals surface area contributed by atoms with Crippen molar-refractivity contribution in [2.24, 2.45) is 16.0 Å². The summed E-state index contributed by atoms with van der Waals surface area (Å²) in [7, 11) is 0. The van der Waals surface area contributed by atoms with Gasteiger partial charge in [-0.3, -0.25) is 0 Å². The van der Waals surface area contributed by atoms with Crippen LogP contribution < -0.4 is 16.4 Å². The Labute approximate surface area is 161 Å². The molecule has 26 heavy (non-hydrogen) atoms. The molecule has 0 fully saturated rings. The standard InChI is InChI=1S/2C8H18N2O.C3H9N/c2*1-5-6-9-8(3,4)7(2)10-11;1-2-3-4/h2*9,11H,5-6H2,1-4H3;2-4H2,1H3/b2*10-7-;. The second kappa shape index (κ2) is 17.2. The van der Waals surface area contributed by atoms with E-state index in [0.717, 1.165) is 38.9 Å². The maximum absolute atomic E-state index is 8.52. The van der Waals surface area contributed by atoms with E-state index in [4.69, 9.17) is 16.1 Å². The van der Waals surface area contributed by atoms with Crippen molar-refractivity contribution >= 4 is 11.4 Å². The highest BCUT2D eigenvalue weighted by Crippen LogP contribution is 2.05. The average molecular weight is 376 g/mol. The summed E-state index contributed by atoms with van der Waals surface area (Å²) in [4.78, 5) is 0. The van der Waals surface area contributed by atoms with Crippen molar-refractivity contribution in [2.75, 3.05) is 19.6 Å². The van der Waals surface area contributed by atoms with Gasteiger partial charge in [-0.15, -0.1) is 0 Å². The second-order valence-corrected chi connectivity index (χ2v) is 7.26. The van der Waals surface area contributed by atoms with Crippen molar-refractivity contribution in [3.05, 3.63) is 0 Å². The molecule has 0 radical (unpaired) electrons. The molecule has 0 aromatic carbocycles. The first-order valence-corrected chi connectivity index (χ1v) is 9.58. The minimum absolute atomic E-state index is 0.190. The van der Waals surface area contributed by atoms with Crippen LogP contribution in [-0.4, -0.2) is 52.5 Å². The van der Waals surface area contributed by atoms with Gasteiger partial charge in [-0.1, -0.05) is 31.1 Å². The summed E-state index contributed by atoms with van der Waals surface area (Å²) in [5, 5.41) is 29.9. The summed E-state index contributed by atoms with van der Waals surface area (Å²) in [6.07, 6.45) is 3.27. The molecule has 0 aliphatic heterocycles. The van der Waals surface area contributed by atoms with Crippen LogP contribution in [0.3, 0.4) is 0 Å². The van der Waals surface area contributed by atoms with Crippen molar-refractivity contribution in [1.29, 1.82) is 0 Å². The van der Waals surface area contributed by atoms with Crippen molar-refractivity contribution in [2.45, 2.75) is 92.7 Å². The molecule has 0 bridgehead atoms. The zero-order valence-corrected chi connectivity index (χ0v) is 18.6.